The number of thioether (sulfide) groups is 1. The van der Waals surface area contributed by atoms with E-state index in [1.165, 1.54) is 32.1 Å². The molecular formula is C25H32N4O2S. The third-order valence-electron chi connectivity index (χ3n) is 5.86. The van der Waals surface area contributed by atoms with Crippen LogP contribution in [0, 0.1) is 6.92 Å². The number of aryl methyl sites for hydroxylation is 1. The number of nitrogens with zero attached hydrogens (tertiary/aromatic N) is 3. The zero-order chi connectivity index (χ0) is 22.2. The van der Waals surface area contributed by atoms with Gasteiger partial charge in [0, 0.05) is 23.5 Å². The fourth-order valence-electron chi connectivity index (χ4n) is 4.15. The average Bonchev–Trinajstić information content (AvgIpc) is 3.25. The molecule has 1 fully saturated rings. The molecule has 170 valence electrons. The zero-order valence-electron chi connectivity index (χ0n) is 18.9. The number of methoxy groups -OCH3 is 1. The van der Waals surface area contributed by atoms with Gasteiger partial charge in [-0.2, -0.15) is 0 Å². The smallest absolute Gasteiger partial charge is 0.191 e. The van der Waals surface area contributed by atoms with E-state index in [0.29, 0.717) is 19.2 Å². The van der Waals surface area contributed by atoms with Crippen LogP contribution in [-0.4, -0.2) is 34.2 Å². The maximum absolute atomic E-state index is 5.98. The number of ether oxygens (including phenoxy) is 2. The molecule has 0 unspecified atom stereocenters. The summed E-state index contributed by atoms with van der Waals surface area (Å²) in [5.74, 6) is 3.61. The molecule has 0 radical (unpaired) electrons. The quantitative estimate of drug-likeness (QED) is 0.306. The van der Waals surface area contributed by atoms with Crippen LogP contribution in [0.25, 0.3) is 0 Å². The van der Waals surface area contributed by atoms with E-state index in [0.717, 1.165) is 39.5 Å². The first-order valence-electron chi connectivity index (χ1n) is 11.4. The van der Waals surface area contributed by atoms with Crippen LogP contribution in [0.5, 0.6) is 11.5 Å². The van der Waals surface area contributed by atoms with Crippen molar-refractivity contribution in [2.24, 2.45) is 0 Å². The Morgan fingerprint density at radius 2 is 1.91 bits per heavy atom. The number of rotatable bonds is 10. The molecule has 1 N–H and O–H groups in total. The normalized spacial score (nSPS) is 14.3. The van der Waals surface area contributed by atoms with Crippen LogP contribution >= 0.6 is 11.8 Å². The van der Waals surface area contributed by atoms with Gasteiger partial charge in [0.25, 0.3) is 0 Å². The largest absolute Gasteiger partial charge is 0.497 e. The van der Waals surface area contributed by atoms with E-state index in [4.69, 9.17) is 9.47 Å². The minimum atomic E-state index is 0.473. The zero-order valence-corrected chi connectivity index (χ0v) is 19.7. The molecule has 2 aromatic carbocycles. The minimum absolute atomic E-state index is 0.473. The highest BCUT2D eigenvalue weighted by atomic mass is 32.2. The van der Waals surface area contributed by atoms with Crippen molar-refractivity contribution in [1.29, 1.82) is 0 Å². The second kappa shape index (κ2) is 11.3. The lowest BCUT2D eigenvalue weighted by Gasteiger charge is -2.25. The Morgan fingerprint density at radius 3 is 2.72 bits per heavy atom. The molecule has 1 saturated carbocycles. The van der Waals surface area contributed by atoms with Crippen LogP contribution in [0.2, 0.25) is 0 Å². The van der Waals surface area contributed by atoms with E-state index >= 15 is 0 Å². The Hall–Kier alpha value is -2.67. The monoisotopic (exact) mass is 452 g/mol. The molecule has 32 heavy (non-hydrogen) atoms. The molecule has 0 bridgehead atoms. The van der Waals surface area contributed by atoms with Crippen molar-refractivity contribution in [3.05, 3.63) is 59.9 Å². The lowest BCUT2D eigenvalue weighted by molar-refractivity contribution is 0.328. The Kier molecular flexibility index (Phi) is 7.93. The lowest BCUT2D eigenvalue weighted by Crippen LogP contribution is -2.18. The highest BCUT2D eigenvalue weighted by Crippen LogP contribution is 2.33. The van der Waals surface area contributed by atoms with E-state index in [9.17, 15) is 0 Å². The summed E-state index contributed by atoms with van der Waals surface area (Å²) in [6.07, 6.45) is 6.25. The maximum Gasteiger partial charge on any atom is 0.191 e. The molecular weight excluding hydrogens is 420 g/mol. The summed E-state index contributed by atoms with van der Waals surface area (Å²) >= 11 is 1.73. The number of para-hydroxylation sites is 1. The second-order valence-electron chi connectivity index (χ2n) is 8.11. The van der Waals surface area contributed by atoms with Gasteiger partial charge in [-0.25, -0.2) is 0 Å². The van der Waals surface area contributed by atoms with Crippen molar-refractivity contribution in [2.75, 3.05) is 24.8 Å². The molecule has 7 heteroatoms. The molecule has 0 spiro atoms. The van der Waals surface area contributed by atoms with Crippen LogP contribution in [0.4, 0.5) is 5.69 Å². The fourth-order valence-corrected chi connectivity index (χ4v) is 4.99. The topological polar surface area (TPSA) is 61.2 Å². The van der Waals surface area contributed by atoms with Gasteiger partial charge in [-0.15, -0.1) is 10.2 Å². The number of anilines is 1. The molecule has 1 aliphatic rings. The van der Waals surface area contributed by atoms with E-state index in [1.807, 2.05) is 42.5 Å². The van der Waals surface area contributed by atoms with E-state index in [1.54, 1.807) is 18.9 Å². The summed E-state index contributed by atoms with van der Waals surface area (Å²) in [5.41, 5.74) is 2.18. The van der Waals surface area contributed by atoms with Gasteiger partial charge < -0.3 is 19.4 Å². The highest BCUT2D eigenvalue weighted by molar-refractivity contribution is 7.99. The Labute approximate surface area is 194 Å². The molecule has 1 aromatic heterocycles. The van der Waals surface area contributed by atoms with Crippen molar-refractivity contribution >= 4 is 17.4 Å². The van der Waals surface area contributed by atoms with Crippen LogP contribution < -0.4 is 14.8 Å². The van der Waals surface area contributed by atoms with Gasteiger partial charge in [0.15, 0.2) is 11.0 Å². The number of hydrogen-bond donors (Lipinski definition) is 1. The van der Waals surface area contributed by atoms with Crippen LogP contribution in [-0.2, 0) is 6.54 Å². The second-order valence-corrected chi connectivity index (χ2v) is 9.17. The Morgan fingerprint density at radius 1 is 1.06 bits per heavy atom. The van der Waals surface area contributed by atoms with Gasteiger partial charge in [0.2, 0.25) is 0 Å². The van der Waals surface area contributed by atoms with Crippen LogP contribution in [0.15, 0.2) is 53.7 Å². The predicted molar refractivity (Wildman–Crippen MR) is 130 cm³/mol. The van der Waals surface area contributed by atoms with Gasteiger partial charge in [-0.05, 0) is 43.5 Å². The number of benzene rings is 2. The summed E-state index contributed by atoms with van der Waals surface area (Å²) < 4.78 is 13.7. The summed E-state index contributed by atoms with van der Waals surface area (Å²) in [6.45, 7) is 3.35. The standard InChI is InChI=1S/C25H32N4O2S/c1-19-9-6-7-14-23(19)31-15-16-32-25-28-27-24(29(25)21-11-4-3-5-12-21)18-26-20-10-8-13-22(17-20)30-2/h6-10,13-14,17,21,26H,3-5,11-12,15-16,18H2,1-2H3. The fraction of sp³-hybridized carbons (Fsp3) is 0.440. The van der Waals surface area contributed by atoms with E-state index < -0.39 is 0 Å². The van der Waals surface area contributed by atoms with Gasteiger partial charge in [0.1, 0.15) is 11.5 Å². The lowest BCUT2D eigenvalue weighted by atomic mass is 9.95. The number of aromatic nitrogens is 3. The van der Waals surface area contributed by atoms with Crippen molar-refractivity contribution in [1.82, 2.24) is 14.8 Å². The predicted octanol–water partition coefficient (Wildman–Crippen LogP) is 5.88. The molecule has 6 nitrogen and oxygen atoms in total. The Bertz CT molecular complexity index is 1000. The van der Waals surface area contributed by atoms with Gasteiger partial charge in [-0.3, -0.25) is 0 Å². The first-order valence-corrected chi connectivity index (χ1v) is 12.4. The van der Waals surface area contributed by atoms with Crippen LogP contribution in [0.3, 0.4) is 0 Å². The first-order chi connectivity index (χ1) is 15.7. The van der Waals surface area contributed by atoms with Crippen molar-refractivity contribution in [2.45, 2.75) is 56.8 Å². The molecule has 3 aromatic rings. The third kappa shape index (κ3) is 5.76. The molecule has 1 aliphatic carbocycles. The van der Waals surface area contributed by atoms with E-state index in [-0.39, 0.29) is 0 Å². The van der Waals surface area contributed by atoms with Gasteiger partial charge >= 0.3 is 0 Å². The minimum Gasteiger partial charge on any atom is -0.497 e. The van der Waals surface area contributed by atoms with Crippen LogP contribution in [0.1, 0.15) is 49.5 Å². The molecule has 0 amide bonds. The molecule has 0 aliphatic heterocycles. The summed E-state index contributed by atoms with van der Waals surface area (Å²) in [7, 11) is 1.69. The SMILES string of the molecule is COc1cccc(NCc2nnc(SCCOc3ccccc3C)n2C2CCCCC2)c1. The van der Waals surface area contributed by atoms with Gasteiger partial charge in [0.05, 0.1) is 20.3 Å². The molecule has 0 atom stereocenters. The average molecular weight is 453 g/mol. The molecule has 4 rings (SSSR count). The molecule has 1 heterocycles. The van der Waals surface area contributed by atoms with Crippen molar-refractivity contribution < 1.29 is 9.47 Å². The number of hydrogen-bond acceptors (Lipinski definition) is 6. The summed E-state index contributed by atoms with van der Waals surface area (Å²) in [4.78, 5) is 0. The first kappa shape index (κ1) is 22.5. The summed E-state index contributed by atoms with van der Waals surface area (Å²) in [6, 6.07) is 16.6. The third-order valence-corrected chi connectivity index (χ3v) is 6.77. The maximum atomic E-state index is 5.98. The number of nitrogens with one attached hydrogen (secondary N) is 1. The van der Waals surface area contributed by atoms with E-state index in [2.05, 4.69) is 33.1 Å². The Balaban J connectivity index is 1.42. The van der Waals surface area contributed by atoms with Crippen molar-refractivity contribution in [3.63, 3.8) is 0 Å². The molecule has 0 saturated heterocycles. The van der Waals surface area contributed by atoms with Gasteiger partial charge in [-0.1, -0.05) is 55.3 Å². The highest BCUT2D eigenvalue weighted by Gasteiger charge is 2.23. The van der Waals surface area contributed by atoms with Crippen molar-refractivity contribution in [3.8, 4) is 11.5 Å². The summed E-state index contributed by atoms with van der Waals surface area (Å²) in [5, 5.41) is 13.6.